The van der Waals surface area contributed by atoms with Crippen molar-refractivity contribution in [3.63, 3.8) is 0 Å². The fourth-order valence-electron chi connectivity index (χ4n) is 1.92. The van der Waals surface area contributed by atoms with E-state index in [-0.39, 0.29) is 10.5 Å². The van der Waals surface area contributed by atoms with E-state index in [0.717, 1.165) is 23.8 Å². The van der Waals surface area contributed by atoms with Crippen molar-refractivity contribution in [3.05, 3.63) is 34.4 Å². The Bertz CT molecular complexity index is 658. The summed E-state index contributed by atoms with van der Waals surface area (Å²) in [6, 6.07) is 3.13. The molecule has 0 unspecified atom stereocenters. The Labute approximate surface area is 125 Å². The zero-order valence-corrected chi connectivity index (χ0v) is 13.7. The number of hydrogen-bond donors (Lipinski definition) is 0. The van der Waals surface area contributed by atoms with Crippen molar-refractivity contribution in [1.29, 1.82) is 0 Å². The highest BCUT2D eigenvalue weighted by atomic mass is 35.5. The Hall–Kier alpha value is -1.13. The minimum Gasteiger partial charge on any atom is -0.276 e. The first-order valence-electron chi connectivity index (χ1n) is 6.44. The fourth-order valence-corrected chi connectivity index (χ4v) is 2.97. The van der Waals surface area contributed by atoms with E-state index in [2.05, 4.69) is 0 Å². The van der Waals surface area contributed by atoms with Crippen LogP contribution in [-0.4, -0.2) is 19.9 Å². The van der Waals surface area contributed by atoms with Crippen LogP contribution in [0.25, 0.3) is 6.08 Å². The highest BCUT2D eigenvalue weighted by Crippen LogP contribution is 2.26. The first-order valence-corrected chi connectivity index (χ1v) is 8.71. The summed E-state index contributed by atoms with van der Waals surface area (Å²) in [6.07, 6.45) is 4.43. The molecule has 0 aromatic heterocycles. The summed E-state index contributed by atoms with van der Waals surface area (Å²) >= 11 is 5.55. The second-order valence-electron chi connectivity index (χ2n) is 4.79. The number of carbonyl (C=O) groups is 1. The van der Waals surface area contributed by atoms with E-state index in [4.69, 9.17) is 11.6 Å². The van der Waals surface area contributed by atoms with E-state index in [1.807, 2.05) is 26.8 Å². The maximum Gasteiger partial charge on any atom is 0.252 e. The quantitative estimate of drug-likeness (QED) is 0.776. The van der Waals surface area contributed by atoms with Crippen LogP contribution in [0.4, 0.5) is 0 Å². The molecule has 0 aliphatic heterocycles. The third-order valence-electron chi connectivity index (χ3n) is 3.19. The summed E-state index contributed by atoms with van der Waals surface area (Å²) in [5.41, 5.74) is 2.71. The predicted octanol–water partition coefficient (Wildman–Crippen LogP) is 3.84. The van der Waals surface area contributed by atoms with Gasteiger partial charge in [0.15, 0.2) is 9.84 Å². The molecular formula is C15H19ClO3S. The summed E-state index contributed by atoms with van der Waals surface area (Å²) in [6.45, 7) is 5.85. The second-order valence-corrected chi connectivity index (χ2v) is 7.12. The lowest BCUT2D eigenvalue weighted by molar-refractivity contribution is 0.108. The van der Waals surface area contributed by atoms with Gasteiger partial charge in [-0.1, -0.05) is 25.5 Å². The number of halogens is 1. The van der Waals surface area contributed by atoms with Gasteiger partial charge in [0.25, 0.3) is 5.24 Å². The van der Waals surface area contributed by atoms with Gasteiger partial charge in [-0.05, 0) is 54.6 Å². The Morgan fingerprint density at radius 1 is 1.30 bits per heavy atom. The third kappa shape index (κ3) is 3.93. The van der Waals surface area contributed by atoms with Gasteiger partial charge in [-0.15, -0.1) is 0 Å². The largest absolute Gasteiger partial charge is 0.276 e. The molecule has 20 heavy (non-hydrogen) atoms. The normalized spacial score (nSPS) is 12.6. The van der Waals surface area contributed by atoms with E-state index < -0.39 is 15.1 Å². The molecule has 1 rings (SSSR count). The smallest absolute Gasteiger partial charge is 0.252 e. The van der Waals surface area contributed by atoms with Crippen LogP contribution in [0.15, 0.2) is 22.6 Å². The molecule has 0 saturated heterocycles. The molecule has 3 nitrogen and oxygen atoms in total. The lowest BCUT2D eigenvalue weighted by atomic mass is 10.0. The first kappa shape index (κ1) is 16.9. The minimum atomic E-state index is -3.42. The Kier molecular flexibility index (Phi) is 5.54. The van der Waals surface area contributed by atoms with Gasteiger partial charge in [0, 0.05) is 11.8 Å². The molecule has 0 radical (unpaired) electrons. The number of hydrogen-bond acceptors (Lipinski definition) is 3. The molecule has 0 aliphatic carbocycles. The maximum atomic E-state index is 11.9. The molecule has 1 aromatic carbocycles. The van der Waals surface area contributed by atoms with Gasteiger partial charge in [-0.3, -0.25) is 4.79 Å². The number of aryl methyl sites for hydroxylation is 1. The Morgan fingerprint density at radius 2 is 1.90 bits per heavy atom. The van der Waals surface area contributed by atoms with Gasteiger partial charge in [0.1, 0.15) is 0 Å². The molecule has 0 aliphatic rings. The number of benzene rings is 1. The van der Waals surface area contributed by atoms with E-state index in [1.165, 1.54) is 6.07 Å². The average Bonchev–Trinajstić information content (AvgIpc) is 2.36. The molecule has 110 valence electrons. The topological polar surface area (TPSA) is 51.2 Å². The number of allylic oxidation sites excluding steroid dienone is 1. The van der Waals surface area contributed by atoms with Gasteiger partial charge in [-0.2, -0.15) is 0 Å². The standard InChI is InChI=1S/C15H19ClO3S/c1-5-10(3)7-12-8-11(6-2)13(15(16)17)9-14(12)20(4,18)19/h7-9H,5-6H2,1-4H3. The van der Waals surface area contributed by atoms with Crippen LogP contribution in [0.5, 0.6) is 0 Å². The molecule has 5 heteroatoms. The second kappa shape index (κ2) is 6.55. The number of rotatable bonds is 5. The van der Waals surface area contributed by atoms with Crippen molar-refractivity contribution in [2.45, 2.75) is 38.5 Å². The highest BCUT2D eigenvalue weighted by molar-refractivity contribution is 7.90. The van der Waals surface area contributed by atoms with E-state index >= 15 is 0 Å². The summed E-state index contributed by atoms with van der Waals surface area (Å²) in [4.78, 5) is 11.6. The molecular weight excluding hydrogens is 296 g/mol. The Balaban J connectivity index is 3.69. The van der Waals surface area contributed by atoms with E-state index in [0.29, 0.717) is 12.0 Å². The SMILES string of the molecule is CCC(C)=Cc1cc(CC)c(C(=O)Cl)cc1S(C)(=O)=O. The molecule has 0 bridgehead atoms. The minimum absolute atomic E-state index is 0.145. The van der Waals surface area contributed by atoms with Crippen LogP contribution in [0.3, 0.4) is 0 Å². The van der Waals surface area contributed by atoms with Gasteiger partial charge < -0.3 is 0 Å². The first-order chi connectivity index (χ1) is 9.20. The van der Waals surface area contributed by atoms with Crippen molar-refractivity contribution in [1.82, 2.24) is 0 Å². The van der Waals surface area contributed by atoms with Crippen molar-refractivity contribution in [2.75, 3.05) is 6.26 Å². The molecule has 1 aromatic rings. The van der Waals surface area contributed by atoms with Crippen LogP contribution >= 0.6 is 11.6 Å². The lowest BCUT2D eigenvalue weighted by Crippen LogP contribution is -2.06. The molecule has 0 atom stereocenters. The van der Waals surface area contributed by atoms with Crippen LogP contribution in [0.1, 0.15) is 48.7 Å². The maximum absolute atomic E-state index is 11.9. The molecule has 0 fully saturated rings. The van der Waals surface area contributed by atoms with Gasteiger partial charge >= 0.3 is 0 Å². The van der Waals surface area contributed by atoms with Crippen LogP contribution in [0.2, 0.25) is 0 Å². The highest BCUT2D eigenvalue weighted by Gasteiger charge is 2.18. The summed E-state index contributed by atoms with van der Waals surface area (Å²) in [5, 5.41) is -0.630. The zero-order valence-electron chi connectivity index (χ0n) is 12.2. The van der Waals surface area contributed by atoms with Crippen LogP contribution in [0, 0.1) is 0 Å². The third-order valence-corrected chi connectivity index (χ3v) is 4.54. The predicted molar refractivity (Wildman–Crippen MR) is 83.1 cm³/mol. The van der Waals surface area contributed by atoms with Crippen molar-refractivity contribution < 1.29 is 13.2 Å². The Morgan fingerprint density at radius 3 is 2.30 bits per heavy atom. The van der Waals surface area contributed by atoms with Gasteiger partial charge in [-0.25, -0.2) is 8.42 Å². The van der Waals surface area contributed by atoms with Crippen molar-refractivity contribution in [2.24, 2.45) is 0 Å². The number of carbonyl (C=O) groups excluding carboxylic acids is 1. The van der Waals surface area contributed by atoms with Crippen LogP contribution < -0.4 is 0 Å². The lowest BCUT2D eigenvalue weighted by Gasteiger charge is -2.11. The summed E-state index contributed by atoms with van der Waals surface area (Å²) < 4.78 is 23.8. The molecule has 0 N–H and O–H groups in total. The summed E-state index contributed by atoms with van der Waals surface area (Å²) in [5.74, 6) is 0. The number of sulfone groups is 1. The molecule has 0 saturated carbocycles. The molecule has 0 heterocycles. The van der Waals surface area contributed by atoms with Gasteiger partial charge in [0.2, 0.25) is 0 Å². The fraction of sp³-hybridized carbons (Fsp3) is 0.400. The van der Waals surface area contributed by atoms with Crippen molar-refractivity contribution >= 4 is 32.8 Å². The monoisotopic (exact) mass is 314 g/mol. The van der Waals surface area contributed by atoms with Crippen molar-refractivity contribution in [3.8, 4) is 0 Å². The van der Waals surface area contributed by atoms with E-state index in [1.54, 1.807) is 6.07 Å². The molecule has 0 spiro atoms. The zero-order chi connectivity index (χ0) is 15.5. The van der Waals surface area contributed by atoms with E-state index in [9.17, 15) is 13.2 Å². The summed E-state index contributed by atoms with van der Waals surface area (Å²) in [7, 11) is -3.42. The average molecular weight is 315 g/mol. The van der Waals surface area contributed by atoms with Gasteiger partial charge in [0.05, 0.1) is 4.90 Å². The molecule has 0 amide bonds. The van der Waals surface area contributed by atoms with Crippen LogP contribution in [-0.2, 0) is 16.3 Å².